The van der Waals surface area contributed by atoms with Crippen LogP contribution < -0.4 is 5.32 Å². The van der Waals surface area contributed by atoms with Crippen molar-refractivity contribution in [2.45, 2.75) is 58.9 Å². The number of hydrogen-bond acceptors (Lipinski definition) is 2. The monoisotopic (exact) mass is 320 g/mol. The number of allylic oxidation sites excluding steroid dienone is 3. The zero-order valence-corrected chi connectivity index (χ0v) is 14.4. The Morgan fingerprint density at radius 2 is 2.09 bits per heavy atom. The number of likely N-dealkylation sites (tertiary alicyclic amines) is 1. The zero-order valence-electron chi connectivity index (χ0n) is 14.4. The molecule has 0 aromatic rings. The fourth-order valence-corrected chi connectivity index (χ4v) is 3.69. The van der Waals surface area contributed by atoms with Crippen molar-refractivity contribution < 1.29 is 14.7 Å². The highest BCUT2D eigenvalue weighted by molar-refractivity contribution is 5.88. The highest BCUT2D eigenvalue weighted by Crippen LogP contribution is 2.40. The van der Waals surface area contributed by atoms with E-state index in [2.05, 4.69) is 26.1 Å². The maximum atomic E-state index is 12.2. The van der Waals surface area contributed by atoms with Crippen LogP contribution in [0, 0.1) is 5.41 Å². The molecule has 0 radical (unpaired) electrons. The minimum Gasteiger partial charge on any atom is -0.465 e. The fourth-order valence-electron chi connectivity index (χ4n) is 3.69. The normalized spacial score (nSPS) is 24.8. The molecule has 2 aliphatic rings. The third kappa shape index (κ3) is 4.60. The molecule has 0 aromatic heterocycles. The maximum Gasteiger partial charge on any atom is 0.407 e. The summed E-state index contributed by atoms with van der Waals surface area (Å²) >= 11 is 0. The Bertz CT molecular complexity index is 534. The summed E-state index contributed by atoms with van der Waals surface area (Å²) in [5.74, 6) is -0.135. The number of rotatable bonds is 3. The minimum absolute atomic E-state index is 0.0913. The fraction of sp³-hybridized carbons (Fsp3) is 0.667. The topological polar surface area (TPSA) is 69.6 Å². The molecule has 1 saturated heterocycles. The molecular weight excluding hydrogens is 292 g/mol. The van der Waals surface area contributed by atoms with Gasteiger partial charge in [0, 0.05) is 25.2 Å². The van der Waals surface area contributed by atoms with Gasteiger partial charge < -0.3 is 15.3 Å². The van der Waals surface area contributed by atoms with E-state index in [-0.39, 0.29) is 17.4 Å². The Morgan fingerprint density at radius 3 is 2.74 bits per heavy atom. The van der Waals surface area contributed by atoms with E-state index in [1.54, 1.807) is 6.08 Å². The lowest BCUT2D eigenvalue weighted by Crippen LogP contribution is -2.48. The molecule has 1 aliphatic carbocycles. The van der Waals surface area contributed by atoms with E-state index in [4.69, 9.17) is 5.11 Å². The molecule has 2 rings (SSSR count). The van der Waals surface area contributed by atoms with E-state index in [0.717, 1.165) is 25.7 Å². The zero-order chi connectivity index (χ0) is 17.0. The van der Waals surface area contributed by atoms with Gasteiger partial charge in [-0.25, -0.2) is 4.79 Å². The van der Waals surface area contributed by atoms with Crippen LogP contribution in [0.5, 0.6) is 0 Å². The second-order valence-corrected chi connectivity index (χ2v) is 7.34. The Balaban J connectivity index is 1.95. The molecule has 128 valence electrons. The molecule has 1 heterocycles. The highest BCUT2D eigenvalue weighted by Gasteiger charge is 2.27. The Kier molecular flexibility index (Phi) is 5.50. The summed E-state index contributed by atoms with van der Waals surface area (Å²) in [6.07, 6.45) is 7.70. The van der Waals surface area contributed by atoms with Gasteiger partial charge in [0.05, 0.1) is 0 Å². The summed E-state index contributed by atoms with van der Waals surface area (Å²) in [5, 5.41) is 12.0. The van der Waals surface area contributed by atoms with Crippen LogP contribution in [0.25, 0.3) is 0 Å². The number of piperidine rings is 1. The summed E-state index contributed by atoms with van der Waals surface area (Å²) in [4.78, 5) is 24.6. The van der Waals surface area contributed by atoms with Crippen molar-refractivity contribution in [2.24, 2.45) is 5.41 Å². The lowest BCUT2D eigenvalue weighted by Gasteiger charge is -2.33. The molecule has 2 N–H and O–H groups in total. The van der Waals surface area contributed by atoms with Crippen LogP contribution >= 0.6 is 0 Å². The number of nitrogens with one attached hydrogen (secondary N) is 1. The number of carbonyl (C=O) groups excluding carboxylic acids is 1. The van der Waals surface area contributed by atoms with Crippen LogP contribution in [-0.2, 0) is 4.79 Å². The number of carbonyl (C=O) groups is 2. The summed E-state index contributed by atoms with van der Waals surface area (Å²) in [6.45, 7) is 7.52. The summed E-state index contributed by atoms with van der Waals surface area (Å²) in [5.41, 5.74) is 2.74. The molecule has 0 spiro atoms. The molecule has 1 aliphatic heterocycles. The molecule has 23 heavy (non-hydrogen) atoms. The van der Waals surface area contributed by atoms with Crippen LogP contribution in [0.3, 0.4) is 0 Å². The molecule has 5 heteroatoms. The van der Waals surface area contributed by atoms with Gasteiger partial charge in [-0.3, -0.25) is 4.79 Å². The van der Waals surface area contributed by atoms with E-state index in [0.29, 0.717) is 13.1 Å². The van der Waals surface area contributed by atoms with E-state index in [1.165, 1.54) is 22.5 Å². The average Bonchev–Trinajstić information content (AvgIpc) is 2.46. The van der Waals surface area contributed by atoms with Crippen LogP contribution in [0.2, 0.25) is 0 Å². The first-order valence-electron chi connectivity index (χ1n) is 8.46. The predicted octanol–water partition coefficient (Wildman–Crippen LogP) is 3.33. The van der Waals surface area contributed by atoms with Gasteiger partial charge in [-0.1, -0.05) is 25.5 Å². The third-order valence-corrected chi connectivity index (χ3v) is 4.98. The molecule has 1 unspecified atom stereocenters. The molecule has 2 amide bonds. The smallest absolute Gasteiger partial charge is 0.407 e. The Morgan fingerprint density at radius 1 is 1.35 bits per heavy atom. The molecule has 0 saturated carbocycles. The molecule has 0 bridgehead atoms. The number of carboxylic acid groups (broad SMARTS) is 1. The largest absolute Gasteiger partial charge is 0.465 e. The van der Waals surface area contributed by atoms with Crippen LogP contribution in [0.4, 0.5) is 4.79 Å². The van der Waals surface area contributed by atoms with Gasteiger partial charge in [0.15, 0.2) is 0 Å². The second-order valence-electron chi connectivity index (χ2n) is 7.34. The number of nitrogens with zero attached hydrogens (tertiary/aromatic N) is 1. The molecule has 0 aromatic carbocycles. The Hall–Kier alpha value is -1.78. The summed E-state index contributed by atoms with van der Waals surface area (Å²) in [6, 6.07) is -0.0913. The van der Waals surface area contributed by atoms with Crippen molar-refractivity contribution in [3.05, 3.63) is 23.3 Å². The van der Waals surface area contributed by atoms with E-state index in [9.17, 15) is 9.59 Å². The van der Waals surface area contributed by atoms with Crippen molar-refractivity contribution in [1.82, 2.24) is 10.2 Å². The van der Waals surface area contributed by atoms with Gasteiger partial charge in [0.25, 0.3) is 0 Å². The summed E-state index contributed by atoms with van der Waals surface area (Å²) in [7, 11) is 0. The quantitative estimate of drug-likeness (QED) is 0.784. The first kappa shape index (κ1) is 17.6. The average molecular weight is 320 g/mol. The third-order valence-electron chi connectivity index (χ3n) is 4.98. The van der Waals surface area contributed by atoms with Crippen molar-refractivity contribution >= 4 is 12.0 Å². The lowest BCUT2D eigenvalue weighted by molar-refractivity contribution is -0.117. The van der Waals surface area contributed by atoms with Crippen molar-refractivity contribution in [3.63, 3.8) is 0 Å². The molecular formula is C18H28N2O3. The number of amides is 2. The Labute approximate surface area is 138 Å². The minimum atomic E-state index is -0.913. The lowest BCUT2D eigenvalue weighted by atomic mass is 9.72. The van der Waals surface area contributed by atoms with E-state index < -0.39 is 6.09 Å². The first-order valence-corrected chi connectivity index (χ1v) is 8.46. The van der Waals surface area contributed by atoms with Crippen LogP contribution in [-0.4, -0.2) is 41.1 Å². The van der Waals surface area contributed by atoms with Gasteiger partial charge in [0.1, 0.15) is 0 Å². The predicted molar refractivity (Wildman–Crippen MR) is 90.2 cm³/mol. The van der Waals surface area contributed by atoms with Gasteiger partial charge in [-0.05, 0) is 50.0 Å². The molecule has 1 fully saturated rings. The summed E-state index contributed by atoms with van der Waals surface area (Å²) < 4.78 is 0. The van der Waals surface area contributed by atoms with Gasteiger partial charge >= 0.3 is 6.09 Å². The van der Waals surface area contributed by atoms with Crippen molar-refractivity contribution in [2.75, 3.05) is 13.1 Å². The van der Waals surface area contributed by atoms with Gasteiger partial charge in [0.2, 0.25) is 5.91 Å². The van der Waals surface area contributed by atoms with Crippen LogP contribution in [0.1, 0.15) is 52.9 Å². The van der Waals surface area contributed by atoms with Gasteiger partial charge in [-0.15, -0.1) is 0 Å². The van der Waals surface area contributed by atoms with E-state index >= 15 is 0 Å². The van der Waals surface area contributed by atoms with Gasteiger partial charge in [-0.2, -0.15) is 0 Å². The van der Waals surface area contributed by atoms with Crippen LogP contribution in [0.15, 0.2) is 23.3 Å². The van der Waals surface area contributed by atoms with Crippen molar-refractivity contribution in [3.8, 4) is 0 Å². The highest BCUT2D eigenvalue weighted by atomic mass is 16.4. The van der Waals surface area contributed by atoms with Crippen molar-refractivity contribution in [1.29, 1.82) is 0 Å². The molecule has 1 atom stereocenters. The second kappa shape index (κ2) is 7.20. The van der Waals surface area contributed by atoms with E-state index in [1.807, 2.05) is 6.08 Å². The maximum absolute atomic E-state index is 12.2. The number of hydrogen-bond donors (Lipinski definition) is 2. The standard InChI is InChI=1S/C18H28N2O3/c1-13-6-4-10-18(2,3)15(13)8-9-16(21)19-14-7-5-11-20(12-14)17(22)23/h8-9,14H,4-7,10-12H2,1-3H3,(H,19,21)(H,22,23). The SMILES string of the molecule is CC1=C(C=CC(=O)NC2CCCN(C(=O)O)C2)C(C)(C)CCC1. The first-order chi connectivity index (χ1) is 10.8. The molecule has 5 nitrogen and oxygen atoms in total.